The van der Waals surface area contributed by atoms with Crippen molar-refractivity contribution in [1.82, 2.24) is 15.5 Å². The Labute approximate surface area is 141 Å². The summed E-state index contributed by atoms with van der Waals surface area (Å²) in [7, 11) is 0. The van der Waals surface area contributed by atoms with Gasteiger partial charge in [-0.15, -0.1) is 0 Å². The van der Waals surface area contributed by atoms with Gasteiger partial charge in [0, 0.05) is 24.3 Å². The van der Waals surface area contributed by atoms with E-state index < -0.39 is 0 Å². The average Bonchev–Trinajstić information content (AvgIpc) is 2.96. The summed E-state index contributed by atoms with van der Waals surface area (Å²) in [6.45, 7) is 7.85. The molecule has 0 saturated heterocycles. The van der Waals surface area contributed by atoms with E-state index in [4.69, 9.17) is 4.52 Å². The zero-order valence-corrected chi connectivity index (χ0v) is 14.6. The van der Waals surface area contributed by atoms with Crippen molar-refractivity contribution in [1.29, 1.82) is 0 Å². The number of aryl methyl sites for hydroxylation is 1. The second-order valence-corrected chi connectivity index (χ2v) is 7.03. The fourth-order valence-corrected chi connectivity index (χ4v) is 2.27. The standard InChI is InChI=1S/C18H24FN3O2/c1-12(11-13-7-5-6-8-14(13)19)20-15(23)9-10-16-21-17(22-24-16)18(2,3)4/h5-8,12H,9-11H2,1-4H3,(H,20,23). The van der Waals surface area contributed by atoms with Crippen LogP contribution in [0.25, 0.3) is 0 Å². The first-order chi connectivity index (χ1) is 11.3. The average molecular weight is 333 g/mol. The van der Waals surface area contributed by atoms with Crippen molar-refractivity contribution in [3.8, 4) is 0 Å². The summed E-state index contributed by atoms with van der Waals surface area (Å²) in [6.07, 6.45) is 1.10. The van der Waals surface area contributed by atoms with Crippen LogP contribution in [0.15, 0.2) is 28.8 Å². The molecule has 0 fully saturated rings. The van der Waals surface area contributed by atoms with Crippen LogP contribution in [0.3, 0.4) is 0 Å². The van der Waals surface area contributed by atoms with E-state index in [2.05, 4.69) is 15.5 Å². The van der Waals surface area contributed by atoms with E-state index in [1.165, 1.54) is 6.07 Å². The number of aromatic nitrogens is 2. The number of rotatable bonds is 6. The Hall–Kier alpha value is -2.24. The lowest BCUT2D eigenvalue weighted by Gasteiger charge is -2.14. The minimum Gasteiger partial charge on any atom is -0.353 e. The summed E-state index contributed by atoms with van der Waals surface area (Å²) in [5.74, 6) is 0.719. The van der Waals surface area contributed by atoms with Crippen molar-refractivity contribution < 1.29 is 13.7 Å². The number of nitrogens with zero attached hydrogens (tertiary/aromatic N) is 2. The van der Waals surface area contributed by atoms with Crippen LogP contribution in [0.2, 0.25) is 0 Å². The van der Waals surface area contributed by atoms with Gasteiger partial charge in [0.25, 0.3) is 0 Å². The number of carbonyl (C=O) groups is 1. The molecule has 1 unspecified atom stereocenters. The van der Waals surface area contributed by atoms with Crippen molar-refractivity contribution in [2.24, 2.45) is 0 Å². The predicted molar refractivity (Wildman–Crippen MR) is 89.0 cm³/mol. The lowest BCUT2D eigenvalue weighted by Crippen LogP contribution is -2.34. The third-order valence-electron chi connectivity index (χ3n) is 3.60. The van der Waals surface area contributed by atoms with Crippen molar-refractivity contribution in [2.45, 2.75) is 58.4 Å². The maximum absolute atomic E-state index is 13.6. The number of amides is 1. The smallest absolute Gasteiger partial charge is 0.227 e. The normalized spacial score (nSPS) is 12.9. The second-order valence-electron chi connectivity index (χ2n) is 7.03. The fourth-order valence-electron chi connectivity index (χ4n) is 2.27. The van der Waals surface area contributed by atoms with E-state index in [-0.39, 0.29) is 29.6 Å². The van der Waals surface area contributed by atoms with Gasteiger partial charge in [-0.2, -0.15) is 4.98 Å². The fraction of sp³-hybridized carbons (Fsp3) is 0.500. The van der Waals surface area contributed by atoms with E-state index in [1.54, 1.807) is 18.2 Å². The Kier molecular flexibility index (Phi) is 5.70. The van der Waals surface area contributed by atoms with Crippen molar-refractivity contribution in [3.63, 3.8) is 0 Å². The molecule has 1 atom stereocenters. The third kappa shape index (κ3) is 5.15. The van der Waals surface area contributed by atoms with Gasteiger partial charge in [0.2, 0.25) is 11.8 Å². The van der Waals surface area contributed by atoms with Gasteiger partial charge in [-0.05, 0) is 25.0 Å². The van der Waals surface area contributed by atoms with Gasteiger partial charge < -0.3 is 9.84 Å². The highest BCUT2D eigenvalue weighted by Crippen LogP contribution is 2.18. The molecule has 24 heavy (non-hydrogen) atoms. The van der Waals surface area contributed by atoms with Gasteiger partial charge in [0.15, 0.2) is 5.82 Å². The van der Waals surface area contributed by atoms with Crippen molar-refractivity contribution in [2.75, 3.05) is 0 Å². The van der Waals surface area contributed by atoms with Gasteiger partial charge in [-0.25, -0.2) is 4.39 Å². The Bertz CT molecular complexity index is 692. The Morgan fingerprint density at radius 2 is 2.04 bits per heavy atom. The summed E-state index contributed by atoms with van der Waals surface area (Å²) in [5.41, 5.74) is 0.412. The first-order valence-electron chi connectivity index (χ1n) is 8.11. The highest BCUT2D eigenvalue weighted by Gasteiger charge is 2.21. The maximum Gasteiger partial charge on any atom is 0.227 e. The molecule has 0 aliphatic heterocycles. The quantitative estimate of drug-likeness (QED) is 0.881. The lowest BCUT2D eigenvalue weighted by molar-refractivity contribution is -0.121. The highest BCUT2D eigenvalue weighted by atomic mass is 19.1. The molecule has 0 aliphatic rings. The molecule has 2 aromatic rings. The molecule has 0 saturated carbocycles. The summed E-state index contributed by atoms with van der Waals surface area (Å²) >= 11 is 0. The molecular formula is C18H24FN3O2. The second kappa shape index (κ2) is 7.55. The van der Waals surface area contributed by atoms with Crippen molar-refractivity contribution >= 4 is 5.91 Å². The molecule has 5 nitrogen and oxygen atoms in total. The number of carbonyl (C=O) groups excluding carboxylic acids is 1. The zero-order chi connectivity index (χ0) is 17.7. The lowest BCUT2D eigenvalue weighted by atomic mass is 9.96. The van der Waals surface area contributed by atoms with Crippen LogP contribution < -0.4 is 5.32 Å². The summed E-state index contributed by atoms with van der Waals surface area (Å²) in [4.78, 5) is 16.3. The summed E-state index contributed by atoms with van der Waals surface area (Å²) < 4.78 is 18.8. The van der Waals surface area contributed by atoms with Crippen LogP contribution in [-0.2, 0) is 23.1 Å². The monoisotopic (exact) mass is 333 g/mol. The van der Waals surface area contributed by atoms with Crippen LogP contribution in [-0.4, -0.2) is 22.1 Å². The highest BCUT2D eigenvalue weighted by molar-refractivity contribution is 5.76. The largest absolute Gasteiger partial charge is 0.353 e. The van der Waals surface area contributed by atoms with E-state index in [0.717, 1.165) is 0 Å². The number of nitrogens with one attached hydrogen (secondary N) is 1. The molecule has 0 spiro atoms. The van der Waals surface area contributed by atoms with Crippen LogP contribution in [0.5, 0.6) is 0 Å². The van der Waals surface area contributed by atoms with E-state index in [9.17, 15) is 9.18 Å². The summed E-state index contributed by atoms with van der Waals surface area (Å²) in [5, 5.41) is 6.80. The SMILES string of the molecule is CC(Cc1ccccc1F)NC(=O)CCc1nc(C(C)(C)C)no1. The van der Waals surface area contributed by atoms with Gasteiger partial charge in [0.1, 0.15) is 5.82 Å². The maximum atomic E-state index is 13.6. The van der Waals surface area contributed by atoms with Crippen LogP contribution >= 0.6 is 0 Å². The molecule has 0 aliphatic carbocycles. The molecule has 2 rings (SSSR count). The van der Waals surface area contributed by atoms with E-state index >= 15 is 0 Å². The minimum atomic E-state index is -0.251. The molecule has 1 amide bonds. The molecule has 6 heteroatoms. The molecule has 0 radical (unpaired) electrons. The Morgan fingerprint density at radius 3 is 2.67 bits per heavy atom. The zero-order valence-electron chi connectivity index (χ0n) is 14.6. The minimum absolute atomic E-state index is 0.116. The van der Waals surface area contributed by atoms with Crippen LogP contribution in [0.1, 0.15) is 51.4 Å². The van der Waals surface area contributed by atoms with E-state index in [1.807, 2.05) is 27.7 Å². The molecule has 1 N–H and O–H groups in total. The first kappa shape index (κ1) is 18.1. The van der Waals surface area contributed by atoms with Crippen molar-refractivity contribution in [3.05, 3.63) is 47.4 Å². The molecular weight excluding hydrogens is 309 g/mol. The van der Waals surface area contributed by atoms with Gasteiger partial charge >= 0.3 is 0 Å². The molecule has 0 bridgehead atoms. The number of hydrogen-bond acceptors (Lipinski definition) is 4. The molecule has 1 heterocycles. The van der Waals surface area contributed by atoms with E-state index in [0.29, 0.717) is 30.1 Å². The Morgan fingerprint density at radius 1 is 1.33 bits per heavy atom. The number of halogens is 1. The molecule has 1 aromatic carbocycles. The van der Waals surface area contributed by atoms with Crippen LogP contribution in [0.4, 0.5) is 4.39 Å². The predicted octanol–water partition coefficient (Wildman–Crippen LogP) is 3.19. The topological polar surface area (TPSA) is 68.0 Å². The first-order valence-corrected chi connectivity index (χ1v) is 8.11. The van der Waals surface area contributed by atoms with Gasteiger partial charge in [-0.3, -0.25) is 4.79 Å². The molecule has 130 valence electrons. The van der Waals surface area contributed by atoms with Gasteiger partial charge in [0.05, 0.1) is 0 Å². The summed E-state index contributed by atoms with van der Waals surface area (Å²) in [6, 6.07) is 6.44. The third-order valence-corrected chi connectivity index (χ3v) is 3.60. The van der Waals surface area contributed by atoms with Crippen LogP contribution in [0, 0.1) is 5.82 Å². The number of benzene rings is 1. The molecule has 1 aromatic heterocycles. The van der Waals surface area contributed by atoms with Gasteiger partial charge in [-0.1, -0.05) is 44.1 Å². The Balaban J connectivity index is 1.81. The number of hydrogen-bond donors (Lipinski definition) is 1.